The van der Waals surface area contributed by atoms with Gasteiger partial charge in [0, 0.05) is 28.6 Å². The van der Waals surface area contributed by atoms with Gasteiger partial charge in [-0.3, -0.25) is 4.98 Å². The minimum atomic E-state index is -0.474. The minimum Gasteiger partial charge on any atom is -0.378 e. The third kappa shape index (κ3) is 3.76. The predicted molar refractivity (Wildman–Crippen MR) is 103 cm³/mol. The molecule has 0 bridgehead atoms. The van der Waals surface area contributed by atoms with Gasteiger partial charge in [0.1, 0.15) is 5.82 Å². The second-order valence-electron chi connectivity index (χ2n) is 5.65. The maximum Gasteiger partial charge on any atom is 0.193 e. The number of nitrogens with zero attached hydrogens (tertiary/aromatic N) is 4. The summed E-state index contributed by atoms with van der Waals surface area (Å²) in [4.78, 5) is 4.34. The zero-order chi connectivity index (χ0) is 18.8. The fourth-order valence-corrected chi connectivity index (χ4v) is 3.04. The lowest BCUT2D eigenvalue weighted by Gasteiger charge is -2.13. The summed E-state index contributed by atoms with van der Waals surface area (Å²) in [5.41, 5.74) is 2.81. The molecule has 0 radical (unpaired) electrons. The number of nitrogens with one attached hydrogen (secondary N) is 3. The van der Waals surface area contributed by atoms with Crippen LogP contribution >= 0.6 is 23.2 Å². The normalized spacial score (nSPS) is 10.9. The van der Waals surface area contributed by atoms with Crippen LogP contribution in [0.2, 0.25) is 10.0 Å². The second-order valence-corrected chi connectivity index (χ2v) is 6.46. The van der Waals surface area contributed by atoms with Gasteiger partial charge in [-0.15, -0.1) is 10.2 Å². The van der Waals surface area contributed by atoms with Crippen LogP contribution in [-0.2, 0) is 6.54 Å². The quantitative estimate of drug-likeness (QED) is 0.452. The molecule has 136 valence electrons. The van der Waals surface area contributed by atoms with Crippen LogP contribution in [-0.4, -0.2) is 25.6 Å². The maximum atomic E-state index is 13.4. The smallest absolute Gasteiger partial charge is 0.193 e. The van der Waals surface area contributed by atoms with Gasteiger partial charge in [0.2, 0.25) is 0 Å². The third-order valence-corrected chi connectivity index (χ3v) is 4.41. The lowest BCUT2D eigenvalue weighted by atomic mass is 10.1. The van der Waals surface area contributed by atoms with Crippen molar-refractivity contribution in [2.45, 2.75) is 6.54 Å². The molecule has 0 fully saturated rings. The highest BCUT2D eigenvalue weighted by atomic mass is 35.5. The molecule has 27 heavy (non-hydrogen) atoms. The molecule has 0 atom stereocenters. The molecule has 4 rings (SSSR count). The molecule has 0 aliphatic rings. The van der Waals surface area contributed by atoms with E-state index in [2.05, 4.69) is 36.2 Å². The highest BCUT2D eigenvalue weighted by molar-refractivity contribution is 6.35. The minimum absolute atomic E-state index is 0.0406. The Balaban J connectivity index is 1.68. The Morgan fingerprint density at radius 2 is 1.89 bits per heavy atom. The molecule has 0 aliphatic carbocycles. The van der Waals surface area contributed by atoms with E-state index in [-0.39, 0.29) is 5.02 Å². The van der Waals surface area contributed by atoms with E-state index in [0.717, 1.165) is 16.8 Å². The molecule has 2 heterocycles. The van der Waals surface area contributed by atoms with Crippen LogP contribution < -0.4 is 10.6 Å². The molecule has 10 heteroatoms. The molecular formula is C17H12Cl2FN7. The van der Waals surface area contributed by atoms with Crippen LogP contribution in [0.4, 0.5) is 21.5 Å². The van der Waals surface area contributed by atoms with Gasteiger partial charge >= 0.3 is 0 Å². The highest BCUT2D eigenvalue weighted by Crippen LogP contribution is 2.33. The molecule has 4 aromatic rings. The Kier molecular flexibility index (Phi) is 4.74. The van der Waals surface area contributed by atoms with Gasteiger partial charge in [-0.2, -0.15) is 5.21 Å². The highest BCUT2D eigenvalue weighted by Gasteiger charge is 2.10. The summed E-state index contributed by atoms with van der Waals surface area (Å²) in [5, 5.41) is 21.4. The molecule has 0 aliphatic heterocycles. The number of anilines is 3. The molecular weight excluding hydrogens is 392 g/mol. The molecule has 7 nitrogen and oxygen atoms in total. The van der Waals surface area contributed by atoms with Gasteiger partial charge < -0.3 is 10.6 Å². The van der Waals surface area contributed by atoms with E-state index in [1.807, 2.05) is 6.07 Å². The molecule has 0 spiro atoms. The van der Waals surface area contributed by atoms with Crippen molar-refractivity contribution < 1.29 is 4.39 Å². The molecule has 0 saturated carbocycles. The van der Waals surface area contributed by atoms with Crippen molar-refractivity contribution in [2.24, 2.45) is 0 Å². The number of pyridine rings is 1. The predicted octanol–water partition coefficient (Wildman–Crippen LogP) is 4.55. The summed E-state index contributed by atoms with van der Waals surface area (Å²) in [7, 11) is 0. The van der Waals surface area contributed by atoms with Crippen LogP contribution in [0.25, 0.3) is 10.9 Å². The van der Waals surface area contributed by atoms with Gasteiger partial charge in [0.25, 0.3) is 0 Å². The van der Waals surface area contributed by atoms with E-state index < -0.39 is 5.82 Å². The molecule has 0 unspecified atom stereocenters. The van der Waals surface area contributed by atoms with Gasteiger partial charge in [0.15, 0.2) is 5.82 Å². The summed E-state index contributed by atoms with van der Waals surface area (Å²) < 4.78 is 13.4. The first-order valence-corrected chi connectivity index (χ1v) is 8.62. The second kappa shape index (κ2) is 7.34. The summed E-state index contributed by atoms with van der Waals surface area (Å²) >= 11 is 12.3. The van der Waals surface area contributed by atoms with E-state index in [0.29, 0.717) is 28.6 Å². The molecule has 2 aromatic carbocycles. The Labute approximate surface area is 162 Å². The van der Waals surface area contributed by atoms with Crippen molar-refractivity contribution >= 4 is 51.2 Å². The number of rotatable bonds is 5. The van der Waals surface area contributed by atoms with Crippen LogP contribution in [0.3, 0.4) is 0 Å². The van der Waals surface area contributed by atoms with E-state index in [1.165, 1.54) is 12.1 Å². The first-order valence-electron chi connectivity index (χ1n) is 7.87. The number of aromatic nitrogens is 5. The zero-order valence-electron chi connectivity index (χ0n) is 13.7. The van der Waals surface area contributed by atoms with Gasteiger partial charge in [-0.25, -0.2) is 4.39 Å². The van der Waals surface area contributed by atoms with Crippen molar-refractivity contribution in [3.05, 3.63) is 64.3 Å². The molecule has 0 saturated heterocycles. The molecule has 0 amide bonds. The largest absolute Gasteiger partial charge is 0.378 e. The summed E-state index contributed by atoms with van der Waals surface area (Å²) in [6, 6.07) is 9.91. The number of aromatic amines is 1. The number of halogens is 3. The van der Waals surface area contributed by atoms with Gasteiger partial charge in [0.05, 0.1) is 22.1 Å². The Bertz CT molecular complexity index is 1100. The number of tetrazole rings is 1. The van der Waals surface area contributed by atoms with Crippen LogP contribution in [0.5, 0.6) is 0 Å². The first-order chi connectivity index (χ1) is 13.1. The number of fused-ring (bicyclic) bond motifs is 1. The van der Waals surface area contributed by atoms with Crippen LogP contribution in [0.1, 0.15) is 5.82 Å². The fourth-order valence-electron chi connectivity index (χ4n) is 2.59. The van der Waals surface area contributed by atoms with Gasteiger partial charge in [-0.1, -0.05) is 28.4 Å². The third-order valence-electron chi connectivity index (χ3n) is 3.84. The SMILES string of the molecule is Fc1ccc(Nc2ccnc3c(Cl)cc(NCc4nn[nH]n4)cc23)cc1Cl. The van der Waals surface area contributed by atoms with Crippen LogP contribution in [0, 0.1) is 5.82 Å². The first kappa shape index (κ1) is 17.4. The van der Waals surface area contributed by atoms with Gasteiger partial charge in [-0.05, 0) is 36.4 Å². The average Bonchev–Trinajstić information content (AvgIpc) is 3.17. The van der Waals surface area contributed by atoms with Crippen molar-refractivity contribution in [3.8, 4) is 0 Å². The monoisotopic (exact) mass is 403 g/mol. The average molecular weight is 404 g/mol. The van der Waals surface area contributed by atoms with Crippen molar-refractivity contribution in [1.29, 1.82) is 0 Å². The fraction of sp³-hybridized carbons (Fsp3) is 0.0588. The Morgan fingerprint density at radius 1 is 1.04 bits per heavy atom. The Hall–Kier alpha value is -2.97. The van der Waals surface area contributed by atoms with E-state index in [9.17, 15) is 4.39 Å². The van der Waals surface area contributed by atoms with Crippen molar-refractivity contribution in [3.63, 3.8) is 0 Å². The summed E-state index contributed by atoms with van der Waals surface area (Å²) in [5.74, 6) is 0.0505. The number of hydrogen-bond donors (Lipinski definition) is 3. The maximum absolute atomic E-state index is 13.4. The van der Waals surface area contributed by atoms with Crippen LogP contribution in [0.15, 0.2) is 42.6 Å². The summed E-state index contributed by atoms with van der Waals surface area (Å²) in [6.45, 7) is 0.384. The van der Waals surface area contributed by atoms with Crippen molar-refractivity contribution in [1.82, 2.24) is 25.6 Å². The topological polar surface area (TPSA) is 91.4 Å². The zero-order valence-corrected chi connectivity index (χ0v) is 15.2. The molecule has 2 aromatic heterocycles. The standard InChI is InChI=1S/C17H12Cl2FN7/c18-12-6-9(1-2-14(12)20)23-15-3-4-21-17-11(15)5-10(7-13(17)19)22-8-16-24-26-27-25-16/h1-7,22H,8H2,(H,21,23)(H,24,25,26,27). The van der Waals surface area contributed by atoms with Crippen molar-refractivity contribution in [2.75, 3.05) is 10.6 Å². The summed E-state index contributed by atoms with van der Waals surface area (Å²) in [6.07, 6.45) is 1.65. The number of hydrogen-bond acceptors (Lipinski definition) is 6. The van der Waals surface area contributed by atoms with E-state index in [4.69, 9.17) is 23.2 Å². The molecule has 3 N–H and O–H groups in total. The van der Waals surface area contributed by atoms with E-state index in [1.54, 1.807) is 24.4 Å². The van der Waals surface area contributed by atoms with E-state index >= 15 is 0 Å². The Morgan fingerprint density at radius 3 is 2.67 bits per heavy atom. The number of benzene rings is 2. The lowest BCUT2D eigenvalue weighted by molar-refractivity contribution is 0.628. The number of H-pyrrole nitrogens is 1. The lowest BCUT2D eigenvalue weighted by Crippen LogP contribution is -2.02.